The number of fused-ring (bicyclic) bond motifs is 2. The highest BCUT2D eigenvalue weighted by molar-refractivity contribution is 6.13. The summed E-state index contributed by atoms with van der Waals surface area (Å²) < 4.78 is 22.6. The summed E-state index contributed by atoms with van der Waals surface area (Å²) in [5.74, 6) is 1.43. The standard InChI is InChI=1S/C32H26O6/c1-3-21-19-22(4-2)28-27(20-21)29(37-31(33)35-23-13-7-5-8-14-23)25-17-11-12-18-26(25)30(28)38-32(34)36-24-15-9-6-10-16-24/h5-20H,3-4H2,1-2H3. The Morgan fingerprint density at radius 3 is 1.58 bits per heavy atom. The molecule has 0 heterocycles. The SMILES string of the molecule is CCc1cc(CC)c2c(OC(=O)Oc3ccccc3)c3ccccc3c(OC(=O)Oc3ccccc3)c2c1. The largest absolute Gasteiger partial charge is 0.519 e. The molecule has 0 fully saturated rings. The summed E-state index contributed by atoms with van der Waals surface area (Å²) in [6, 6.07) is 28.8. The molecular weight excluding hydrogens is 480 g/mol. The van der Waals surface area contributed by atoms with Crippen LogP contribution in [0.15, 0.2) is 97.1 Å². The van der Waals surface area contributed by atoms with Gasteiger partial charge in [0.15, 0.2) is 11.5 Å². The molecule has 0 bridgehead atoms. The van der Waals surface area contributed by atoms with E-state index in [4.69, 9.17) is 18.9 Å². The Balaban J connectivity index is 1.66. The average molecular weight is 507 g/mol. The second-order valence-electron chi connectivity index (χ2n) is 8.62. The molecule has 0 unspecified atom stereocenters. The van der Waals surface area contributed by atoms with Gasteiger partial charge in [0.1, 0.15) is 11.5 Å². The molecule has 0 spiro atoms. The van der Waals surface area contributed by atoms with Crippen LogP contribution >= 0.6 is 0 Å². The number of ether oxygens (including phenoxy) is 4. The molecular formula is C32H26O6. The number of benzene rings is 5. The zero-order valence-corrected chi connectivity index (χ0v) is 21.1. The third kappa shape index (κ3) is 5.15. The lowest BCUT2D eigenvalue weighted by molar-refractivity contribution is 0.151. The molecule has 5 aromatic rings. The Kier molecular flexibility index (Phi) is 7.22. The fraction of sp³-hybridized carbons (Fsp3) is 0.125. The molecule has 6 heteroatoms. The van der Waals surface area contributed by atoms with Gasteiger partial charge in [-0.2, -0.15) is 0 Å². The number of aryl methyl sites for hydroxylation is 2. The van der Waals surface area contributed by atoms with E-state index in [-0.39, 0.29) is 0 Å². The quantitative estimate of drug-likeness (QED) is 0.131. The molecule has 0 atom stereocenters. The highest BCUT2D eigenvalue weighted by Gasteiger charge is 2.24. The lowest BCUT2D eigenvalue weighted by Gasteiger charge is -2.19. The van der Waals surface area contributed by atoms with Crippen LogP contribution in [0, 0.1) is 0 Å². The minimum absolute atomic E-state index is 0.338. The van der Waals surface area contributed by atoms with E-state index in [0.29, 0.717) is 51.0 Å². The first-order valence-corrected chi connectivity index (χ1v) is 12.5. The second-order valence-corrected chi connectivity index (χ2v) is 8.62. The van der Waals surface area contributed by atoms with Crippen LogP contribution in [0.4, 0.5) is 9.59 Å². The van der Waals surface area contributed by atoms with Gasteiger partial charge in [-0.3, -0.25) is 0 Å². The van der Waals surface area contributed by atoms with Crippen LogP contribution in [0.25, 0.3) is 21.5 Å². The van der Waals surface area contributed by atoms with Gasteiger partial charge in [0.2, 0.25) is 0 Å². The first-order chi connectivity index (χ1) is 18.6. The molecule has 0 saturated heterocycles. The van der Waals surface area contributed by atoms with Gasteiger partial charge in [-0.25, -0.2) is 9.59 Å². The first kappa shape index (κ1) is 24.8. The van der Waals surface area contributed by atoms with Gasteiger partial charge in [0, 0.05) is 21.5 Å². The normalized spacial score (nSPS) is 10.8. The lowest BCUT2D eigenvalue weighted by atomic mass is 9.93. The molecule has 0 amide bonds. The Morgan fingerprint density at radius 1 is 0.553 bits per heavy atom. The molecule has 0 aliphatic heterocycles. The number of carbonyl (C=O) groups is 2. The second kappa shape index (κ2) is 11.0. The number of rotatable bonds is 6. The summed E-state index contributed by atoms with van der Waals surface area (Å²) in [5.41, 5.74) is 2.01. The molecule has 0 aliphatic rings. The van der Waals surface area contributed by atoms with Gasteiger partial charge >= 0.3 is 12.3 Å². The van der Waals surface area contributed by atoms with E-state index in [2.05, 4.69) is 13.0 Å². The van der Waals surface area contributed by atoms with Crippen molar-refractivity contribution in [1.29, 1.82) is 0 Å². The van der Waals surface area contributed by atoms with Crippen molar-refractivity contribution in [2.45, 2.75) is 26.7 Å². The molecule has 0 radical (unpaired) electrons. The van der Waals surface area contributed by atoms with Gasteiger partial charge in [-0.15, -0.1) is 0 Å². The number of carbonyl (C=O) groups excluding carboxylic acids is 2. The summed E-state index contributed by atoms with van der Waals surface area (Å²) in [6.45, 7) is 4.08. The minimum atomic E-state index is -0.861. The Morgan fingerprint density at radius 2 is 1.05 bits per heavy atom. The molecule has 190 valence electrons. The van der Waals surface area contributed by atoms with Crippen molar-refractivity contribution in [3.63, 3.8) is 0 Å². The molecule has 0 aromatic heterocycles. The van der Waals surface area contributed by atoms with Crippen LogP contribution in [-0.4, -0.2) is 12.3 Å². The van der Waals surface area contributed by atoms with E-state index in [1.54, 1.807) is 48.5 Å². The van der Waals surface area contributed by atoms with E-state index >= 15 is 0 Å². The molecule has 6 nitrogen and oxygen atoms in total. The van der Waals surface area contributed by atoms with E-state index in [1.165, 1.54) is 0 Å². The van der Waals surface area contributed by atoms with Crippen LogP contribution < -0.4 is 18.9 Å². The summed E-state index contributed by atoms with van der Waals surface area (Å²) in [4.78, 5) is 25.8. The summed E-state index contributed by atoms with van der Waals surface area (Å²) in [6.07, 6.45) is -0.280. The molecule has 0 saturated carbocycles. The van der Waals surface area contributed by atoms with Crippen molar-refractivity contribution in [3.8, 4) is 23.0 Å². The molecule has 5 rings (SSSR count). The van der Waals surface area contributed by atoms with Crippen LogP contribution in [0.5, 0.6) is 23.0 Å². The van der Waals surface area contributed by atoms with Crippen molar-refractivity contribution in [3.05, 3.63) is 108 Å². The predicted octanol–water partition coefficient (Wildman–Crippen LogP) is 8.27. The predicted molar refractivity (Wildman–Crippen MR) is 146 cm³/mol. The Bertz CT molecular complexity index is 1610. The van der Waals surface area contributed by atoms with Crippen molar-refractivity contribution in [2.75, 3.05) is 0 Å². The zero-order valence-electron chi connectivity index (χ0n) is 21.1. The summed E-state index contributed by atoms with van der Waals surface area (Å²) in [7, 11) is 0. The topological polar surface area (TPSA) is 71.1 Å². The monoisotopic (exact) mass is 506 g/mol. The van der Waals surface area contributed by atoms with Gasteiger partial charge in [0.05, 0.1) is 0 Å². The van der Waals surface area contributed by atoms with E-state index in [9.17, 15) is 9.59 Å². The Hall–Kier alpha value is -4.84. The van der Waals surface area contributed by atoms with Crippen molar-refractivity contribution >= 4 is 33.9 Å². The van der Waals surface area contributed by atoms with Crippen molar-refractivity contribution < 1.29 is 28.5 Å². The molecule has 0 N–H and O–H groups in total. The number of hydrogen-bond donors (Lipinski definition) is 0. The van der Waals surface area contributed by atoms with Crippen molar-refractivity contribution in [1.82, 2.24) is 0 Å². The van der Waals surface area contributed by atoms with Gasteiger partial charge < -0.3 is 18.9 Å². The first-order valence-electron chi connectivity index (χ1n) is 12.5. The lowest BCUT2D eigenvalue weighted by Crippen LogP contribution is -2.16. The van der Waals surface area contributed by atoms with E-state index in [1.807, 2.05) is 49.4 Å². The average Bonchev–Trinajstić information content (AvgIpc) is 2.95. The highest BCUT2D eigenvalue weighted by Crippen LogP contribution is 2.45. The smallest absolute Gasteiger partial charge is 0.395 e. The maximum absolute atomic E-state index is 12.9. The van der Waals surface area contributed by atoms with Crippen LogP contribution in [0.1, 0.15) is 25.0 Å². The fourth-order valence-corrected chi connectivity index (χ4v) is 4.45. The van der Waals surface area contributed by atoms with E-state index < -0.39 is 12.3 Å². The number of para-hydroxylation sites is 2. The third-order valence-electron chi connectivity index (χ3n) is 6.22. The van der Waals surface area contributed by atoms with Crippen LogP contribution in [-0.2, 0) is 12.8 Å². The van der Waals surface area contributed by atoms with Gasteiger partial charge in [0.25, 0.3) is 0 Å². The third-order valence-corrected chi connectivity index (χ3v) is 6.22. The van der Waals surface area contributed by atoms with Crippen molar-refractivity contribution in [2.24, 2.45) is 0 Å². The summed E-state index contributed by atoms with van der Waals surface area (Å²) >= 11 is 0. The minimum Gasteiger partial charge on any atom is -0.395 e. The van der Waals surface area contributed by atoms with Crippen LogP contribution in [0.2, 0.25) is 0 Å². The molecule has 0 aliphatic carbocycles. The molecule has 38 heavy (non-hydrogen) atoms. The molecule has 5 aromatic carbocycles. The maximum atomic E-state index is 12.9. The maximum Gasteiger partial charge on any atom is 0.519 e. The zero-order chi connectivity index (χ0) is 26.5. The highest BCUT2D eigenvalue weighted by atomic mass is 16.7. The van der Waals surface area contributed by atoms with Crippen LogP contribution in [0.3, 0.4) is 0 Å². The fourth-order valence-electron chi connectivity index (χ4n) is 4.45. The summed E-state index contributed by atoms with van der Waals surface area (Å²) in [5, 5.41) is 2.53. The van der Waals surface area contributed by atoms with E-state index in [0.717, 1.165) is 17.5 Å². The number of hydrogen-bond acceptors (Lipinski definition) is 6. The van der Waals surface area contributed by atoms with Gasteiger partial charge in [-0.1, -0.05) is 80.6 Å². The van der Waals surface area contributed by atoms with Gasteiger partial charge in [-0.05, 0) is 54.3 Å². The Labute approximate surface area is 220 Å².